The zero-order valence-electron chi connectivity index (χ0n) is 18.3. The molecular formula is C24H25N7O. The van der Waals surface area contributed by atoms with Crippen LogP contribution in [-0.4, -0.2) is 46.9 Å². The van der Waals surface area contributed by atoms with Crippen LogP contribution in [0.2, 0.25) is 0 Å². The Hall–Kier alpha value is -3.55. The predicted octanol–water partition coefficient (Wildman–Crippen LogP) is 3.71. The van der Waals surface area contributed by atoms with Crippen LogP contribution in [0, 0.1) is 6.92 Å². The first kappa shape index (κ1) is 19.2. The van der Waals surface area contributed by atoms with E-state index < -0.39 is 0 Å². The van der Waals surface area contributed by atoms with E-state index in [1.165, 1.54) is 0 Å². The number of nitrogens with zero attached hydrogens (tertiary/aromatic N) is 7. The van der Waals surface area contributed by atoms with Crippen LogP contribution in [0.4, 0.5) is 0 Å². The second-order valence-electron chi connectivity index (χ2n) is 8.86. The van der Waals surface area contributed by atoms with Gasteiger partial charge in [0.1, 0.15) is 0 Å². The number of fused-ring (bicyclic) bond motifs is 1. The number of aryl methyl sites for hydroxylation is 2. The molecule has 2 aliphatic rings. The van der Waals surface area contributed by atoms with Crippen molar-refractivity contribution in [3.63, 3.8) is 0 Å². The van der Waals surface area contributed by atoms with E-state index in [1.807, 2.05) is 55.5 Å². The summed E-state index contributed by atoms with van der Waals surface area (Å²) < 4.78 is 3.57. The number of pyridine rings is 2. The largest absolute Gasteiger partial charge is 0.331 e. The summed E-state index contributed by atoms with van der Waals surface area (Å²) in [5.41, 5.74) is 4.28. The van der Waals surface area contributed by atoms with Gasteiger partial charge in [-0.2, -0.15) is 14.9 Å². The van der Waals surface area contributed by atoms with E-state index in [4.69, 9.17) is 10.1 Å². The zero-order chi connectivity index (χ0) is 21.8. The van der Waals surface area contributed by atoms with E-state index in [2.05, 4.69) is 10.1 Å². The summed E-state index contributed by atoms with van der Waals surface area (Å²) in [6.07, 6.45) is 9.80. The molecule has 1 saturated heterocycles. The molecule has 0 aromatic carbocycles. The first-order valence-electron chi connectivity index (χ1n) is 11.2. The fourth-order valence-electron chi connectivity index (χ4n) is 4.83. The maximum atomic E-state index is 14.0. The predicted molar refractivity (Wildman–Crippen MR) is 120 cm³/mol. The molecule has 1 atom stereocenters. The van der Waals surface area contributed by atoms with Gasteiger partial charge >= 0.3 is 0 Å². The lowest BCUT2D eigenvalue weighted by atomic mass is 10.0. The molecule has 6 rings (SSSR count). The Kier molecular flexibility index (Phi) is 4.34. The van der Waals surface area contributed by atoms with Crippen molar-refractivity contribution in [2.75, 3.05) is 6.54 Å². The molecule has 0 N–H and O–H groups in total. The third-order valence-corrected chi connectivity index (χ3v) is 6.55. The van der Waals surface area contributed by atoms with Crippen molar-refractivity contribution in [2.24, 2.45) is 7.05 Å². The quantitative estimate of drug-likeness (QED) is 0.496. The van der Waals surface area contributed by atoms with Crippen molar-refractivity contribution in [2.45, 2.75) is 44.6 Å². The summed E-state index contributed by atoms with van der Waals surface area (Å²) in [7, 11) is 1.91. The Bertz CT molecular complexity index is 1320. The van der Waals surface area contributed by atoms with Gasteiger partial charge in [-0.3, -0.25) is 9.48 Å². The van der Waals surface area contributed by atoms with Crippen molar-refractivity contribution in [1.29, 1.82) is 0 Å². The van der Waals surface area contributed by atoms with Crippen molar-refractivity contribution >= 4 is 16.9 Å². The topological polar surface area (TPSA) is 81.7 Å². The molecule has 1 unspecified atom stereocenters. The van der Waals surface area contributed by atoms with E-state index in [0.29, 0.717) is 22.9 Å². The summed E-state index contributed by atoms with van der Waals surface area (Å²) in [5.74, 6) is 1.18. The first-order chi connectivity index (χ1) is 15.6. The molecule has 5 heterocycles. The Morgan fingerprint density at radius 1 is 1.19 bits per heavy atom. The van der Waals surface area contributed by atoms with Gasteiger partial charge in [-0.1, -0.05) is 6.07 Å². The number of carbonyl (C=O) groups excluding carboxylic acids is 1. The summed E-state index contributed by atoms with van der Waals surface area (Å²) >= 11 is 0. The summed E-state index contributed by atoms with van der Waals surface area (Å²) in [6, 6.07) is 7.79. The van der Waals surface area contributed by atoms with Crippen molar-refractivity contribution < 1.29 is 4.79 Å². The fraction of sp³-hybridized carbons (Fsp3) is 0.375. The minimum atomic E-state index is 0.0503. The number of hydrogen-bond acceptors (Lipinski definition) is 5. The maximum absolute atomic E-state index is 14.0. The van der Waals surface area contributed by atoms with E-state index in [1.54, 1.807) is 15.6 Å². The van der Waals surface area contributed by atoms with Crippen LogP contribution in [0.25, 0.3) is 16.9 Å². The second-order valence-corrected chi connectivity index (χ2v) is 8.86. The van der Waals surface area contributed by atoms with Crippen molar-refractivity contribution in [1.82, 2.24) is 34.4 Å². The molecule has 8 heteroatoms. The average Bonchev–Trinajstić information content (AvgIpc) is 3.22. The maximum Gasteiger partial charge on any atom is 0.255 e. The van der Waals surface area contributed by atoms with Gasteiger partial charge in [0.15, 0.2) is 11.5 Å². The number of rotatable bonds is 4. The Morgan fingerprint density at radius 3 is 2.78 bits per heavy atom. The lowest BCUT2D eigenvalue weighted by molar-refractivity contribution is 0.0737. The SMILES string of the molecule is Cc1nn(-c2ccccn2)c2nc(C3CC3)cc(C(=O)N3CCCC3c3cnn(C)c3)c12. The van der Waals surface area contributed by atoms with Crippen LogP contribution >= 0.6 is 0 Å². The molecule has 4 aromatic rings. The molecular weight excluding hydrogens is 402 g/mol. The lowest BCUT2D eigenvalue weighted by Gasteiger charge is -2.24. The lowest BCUT2D eigenvalue weighted by Crippen LogP contribution is -2.30. The molecule has 1 amide bonds. The van der Waals surface area contributed by atoms with Crippen LogP contribution < -0.4 is 0 Å². The first-order valence-corrected chi connectivity index (χ1v) is 11.2. The van der Waals surface area contributed by atoms with Gasteiger partial charge < -0.3 is 4.90 Å². The highest BCUT2D eigenvalue weighted by Gasteiger charge is 2.35. The third-order valence-electron chi connectivity index (χ3n) is 6.55. The molecule has 4 aromatic heterocycles. The van der Waals surface area contributed by atoms with E-state index >= 15 is 0 Å². The van der Waals surface area contributed by atoms with Crippen LogP contribution in [0.3, 0.4) is 0 Å². The van der Waals surface area contributed by atoms with Crippen LogP contribution in [0.1, 0.15) is 65.0 Å². The molecule has 2 fully saturated rings. The molecule has 8 nitrogen and oxygen atoms in total. The number of hydrogen-bond donors (Lipinski definition) is 0. The monoisotopic (exact) mass is 427 g/mol. The number of likely N-dealkylation sites (tertiary alicyclic amines) is 1. The second kappa shape index (κ2) is 7.25. The molecule has 1 aliphatic carbocycles. The molecule has 1 saturated carbocycles. The molecule has 1 aliphatic heterocycles. The van der Waals surface area contributed by atoms with Gasteiger partial charge in [0.25, 0.3) is 5.91 Å². The van der Waals surface area contributed by atoms with Gasteiger partial charge in [0.05, 0.1) is 28.9 Å². The summed E-state index contributed by atoms with van der Waals surface area (Å²) in [4.78, 5) is 25.4. The molecule has 0 radical (unpaired) electrons. The number of carbonyl (C=O) groups is 1. The third kappa shape index (κ3) is 3.09. The highest BCUT2D eigenvalue weighted by Crippen LogP contribution is 2.41. The van der Waals surface area contributed by atoms with E-state index in [-0.39, 0.29) is 11.9 Å². The minimum absolute atomic E-state index is 0.0503. The Labute approximate surface area is 185 Å². The van der Waals surface area contributed by atoms with Crippen molar-refractivity contribution in [3.05, 3.63) is 65.4 Å². The molecule has 32 heavy (non-hydrogen) atoms. The van der Waals surface area contributed by atoms with Gasteiger partial charge in [0.2, 0.25) is 0 Å². The van der Waals surface area contributed by atoms with Crippen LogP contribution in [0.15, 0.2) is 42.9 Å². The van der Waals surface area contributed by atoms with Gasteiger partial charge in [-0.05, 0) is 50.8 Å². The highest BCUT2D eigenvalue weighted by atomic mass is 16.2. The van der Waals surface area contributed by atoms with E-state index in [0.717, 1.165) is 54.6 Å². The molecule has 0 spiro atoms. The Balaban J connectivity index is 1.49. The Morgan fingerprint density at radius 2 is 2.06 bits per heavy atom. The minimum Gasteiger partial charge on any atom is -0.331 e. The van der Waals surface area contributed by atoms with Crippen LogP contribution in [-0.2, 0) is 7.05 Å². The normalized spacial score (nSPS) is 18.6. The number of amides is 1. The average molecular weight is 428 g/mol. The molecule has 162 valence electrons. The van der Waals surface area contributed by atoms with Gasteiger partial charge in [0, 0.05) is 43.2 Å². The summed E-state index contributed by atoms with van der Waals surface area (Å²) in [6.45, 7) is 2.69. The van der Waals surface area contributed by atoms with Crippen molar-refractivity contribution in [3.8, 4) is 5.82 Å². The summed E-state index contributed by atoms with van der Waals surface area (Å²) in [5, 5.41) is 9.88. The zero-order valence-corrected chi connectivity index (χ0v) is 18.3. The van der Waals surface area contributed by atoms with E-state index in [9.17, 15) is 4.79 Å². The van der Waals surface area contributed by atoms with Crippen LogP contribution in [0.5, 0.6) is 0 Å². The highest BCUT2D eigenvalue weighted by molar-refractivity contribution is 6.07. The molecule has 0 bridgehead atoms. The van der Waals surface area contributed by atoms with Gasteiger partial charge in [-0.25, -0.2) is 9.97 Å². The van der Waals surface area contributed by atoms with Gasteiger partial charge in [-0.15, -0.1) is 0 Å². The number of aromatic nitrogens is 6. The smallest absolute Gasteiger partial charge is 0.255 e. The fourth-order valence-corrected chi connectivity index (χ4v) is 4.83. The standard InChI is InChI=1S/C24H25N7O/c1-15-22-18(24(32)30-11-5-6-20(30)17-13-26-29(2)14-17)12-19(16-8-9-16)27-23(22)31(28-15)21-7-3-4-10-25-21/h3-4,7,10,12-14,16,20H,5-6,8-9,11H2,1-2H3.